The molecule has 0 aliphatic rings. The zero-order chi connectivity index (χ0) is 20.4. The number of hydrogen-bond donors (Lipinski definition) is 2. The zero-order valence-corrected chi connectivity index (χ0v) is 19.1. The highest BCUT2D eigenvalue weighted by atomic mass is 127. The van der Waals surface area contributed by atoms with Crippen LogP contribution in [0, 0.1) is 31.3 Å². The Morgan fingerprint density at radius 2 is 1.93 bits per heavy atom. The van der Waals surface area contributed by atoms with Gasteiger partial charge in [-0.3, -0.25) is 4.79 Å². The largest absolute Gasteiger partial charge is 0.411 e. The van der Waals surface area contributed by atoms with E-state index in [1.54, 1.807) is 18.1 Å². The van der Waals surface area contributed by atoms with Gasteiger partial charge in [0.2, 0.25) is 0 Å². The van der Waals surface area contributed by atoms with Crippen molar-refractivity contribution in [2.75, 3.05) is 0 Å². The third-order valence-electron chi connectivity index (χ3n) is 4.42. The lowest BCUT2D eigenvalue weighted by molar-refractivity contribution is 0.321. The summed E-state index contributed by atoms with van der Waals surface area (Å²) in [6.45, 7) is 8.42. The van der Waals surface area contributed by atoms with Crippen LogP contribution in [0.1, 0.15) is 33.8 Å². The molecule has 0 saturated heterocycles. The van der Waals surface area contributed by atoms with Crippen LogP contribution >= 0.6 is 34.4 Å². The Bertz CT molecular complexity index is 1100. The molecule has 0 fully saturated rings. The number of aryl methyl sites for hydroxylation is 4. The topological polar surface area (TPSA) is 83.3 Å². The number of rotatable bonds is 5. The smallest absolute Gasteiger partial charge is 0.262 e. The van der Waals surface area contributed by atoms with Crippen LogP contribution in [0.15, 0.2) is 44.3 Å². The Morgan fingerprint density at radius 1 is 1.25 bits per heavy atom. The number of aromatic amines is 1. The third-order valence-corrected chi connectivity index (χ3v) is 6.94. The Kier molecular flexibility index (Phi) is 6.29. The van der Waals surface area contributed by atoms with E-state index in [1.807, 2.05) is 18.4 Å². The molecule has 0 spiro atoms. The average molecular weight is 508 g/mol. The van der Waals surface area contributed by atoms with Crippen LogP contribution in [-0.2, 0) is 6.54 Å². The molecule has 2 N–H and O–H groups in total. The highest BCUT2D eigenvalue weighted by molar-refractivity contribution is 14.1. The quantitative estimate of drug-likeness (QED) is 0.232. The minimum atomic E-state index is -0.0901. The van der Waals surface area contributed by atoms with Gasteiger partial charge in [0.05, 0.1) is 34.0 Å². The average Bonchev–Trinajstić information content (AvgIpc) is 2.95. The molecule has 8 heteroatoms. The van der Waals surface area contributed by atoms with Crippen molar-refractivity contribution in [2.24, 2.45) is 5.16 Å². The normalized spacial score (nSPS) is 11.5. The van der Waals surface area contributed by atoms with Crippen molar-refractivity contribution in [3.63, 3.8) is 0 Å². The van der Waals surface area contributed by atoms with Crippen molar-refractivity contribution < 1.29 is 5.21 Å². The standard InChI is InChI=1S/C20H21IN4O2S/c1-11-5-12(2)7-15(6-11)28-19-16(13(3)24-20(26)18(19)21)9-25-10-22-14(4)17(25)8-23-27/h5-8,10,27H,9H2,1-4H3,(H,24,26)/b23-8+. The van der Waals surface area contributed by atoms with Crippen molar-refractivity contribution in [2.45, 2.75) is 44.0 Å². The Labute approximate surface area is 181 Å². The summed E-state index contributed by atoms with van der Waals surface area (Å²) in [5, 5.41) is 12.1. The van der Waals surface area contributed by atoms with Crippen molar-refractivity contribution in [3.05, 3.63) is 72.2 Å². The fraction of sp³-hybridized carbons (Fsp3) is 0.250. The minimum Gasteiger partial charge on any atom is -0.411 e. The molecule has 3 rings (SSSR count). The van der Waals surface area contributed by atoms with Crippen LogP contribution in [0.2, 0.25) is 0 Å². The Balaban J connectivity index is 2.11. The summed E-state index contributed by atoms with van der Waals surface area (Å²) in [5.74, 6) is 0. The number of nitrogens with zero attached hydrogens (tertiary/aromatic N) is 3. The zero-order valence-electron chi connectivity index (χ0n) is 16.1. The summed E-state index contributed by atoms with van der Waals surface area (Å²) in [6.07, 6.45) is 3.10. The van der Waals surface area contributed by atoms with E-state index >= 15 is 0 Å². The number of hydrogen-bond acceptors (Lipinski definition) is 5. The molecule has 2 heterocycles. The van der Waals surface area contributed by atoms with Gasteiger partial charge in [0.15, 0.2) is 0 Å². The van der Waals surface area contributed by atoms with Gasteiger partial charge in [-0.2, -0.15) is 0 Å². The molecule has 2 aromatic heterocycles. The Hall–Kier alpha value is -2.07. The van der Waals surface area contributed by atoms with Gasteiger partial charge in [-0.05, 0) is 73.5 Å². The lowest BCUT2D eigenvalue weighted by Crippen LogP contribution is -2.17. The van der Waals surface area contributed by atoms with E-state index in [-0.39, 0.29) is 5.56 Å². The summed E-state index contributed by atoms with van der Waals surface area (Å²) in [5.41, 5.74) is 5.62. The number of aromatic nitrogens is 3. The second kappa shape index (κ2) is 8.52. The fourth-order valence-electron chi connectivity index (χ4n) is 3.12. The molecule has 6 nitrogen and oxygen atoms in total. The van der Waals surface area contributed by atoms with Gasteiger partial charge in [0.1, 0.15) is 0 Å². The molecule has 28 heavy (non-hydrogen) atoms. The molecule has 0 saturated carbocycles. The van der Waals surface area contributed by atoms with Crippen molar-refractivity contribution >= 4 is 40.6 Å². The second-order valence-electron chi connectivity index (χ2n) is 6.71. The SMILES string of the molecule is Cc1cc(C)cc(Sc2c(Cn3cnc(C)c3/C=N/O)c(C)[nH]c(=O)c2I)c1. The molecular weight excluding hydrogens is 487 g/mol. The summed E-state index contributed by atoms with van der Waals surface area (Å²) in [6, 6.07) is 6.38. The molecule has 0 atom stereocenters. The number of benzene rings is 1. The van der Waals surface area contributed by atoms with Crippen LogP contribution < -0.4 is 5.56 Å². The second-order valence-corrected chi connectivity index (χ2v) is 8.88. The molecule has 0 radical (unpaired) electrons. The van der Waals surface area contributed by atoms with Gasteiger partial charge in [-0.25, -0.2) is 4.98 Å². The number of nitrogens with one attached hydrogen (secondary N) is 1. The number of imidazole rings is 1. The predicted molar refractivity (Wildman–Crippen MR) is 120 cm³/mol. The molecule has 0 aliphatic heterocycles. The third kappa shape index (κ3) is 4.33. The molecule has 1 aromatic carbocycles. The number of H-pyrrole nitrogens is 1. The fourth-order valence-corrected chi connectivity index (χ4v) is 5.16. The van der Waals surface area contributed by atoms with Gasteiger partial charge in [0, 0.05) is 21.0 Å². The molecule has 0 unspecified atom stereocenters. The maximum absolute atomic E-state index is 12.4. The summed E-state index contributed by atoms with van der Waals surface area (Å²) in [7, 11) is 0. The highest BCUT2D eigenvalue weighted by Gasteiger charge is 2.17. The van der Waals surface area contributed by atoms with Crippen molar-refractivity contribution in [1.82, 2.24) is 14.5 Å². The number of halogens is 1. The Morgan fingerprint density at radius 3 is 2.57 bits per heavy atom. The molecule has 0 bridgehead atoms. The predicted octanol–water partition coefficient (Wildman–Crippen LogP) is 4.42. The monoisotopic (exact) mass is 508 g/mol. The van der Waals surface area contributed by atoms with Gasteiger partial charge in [-0.1, -0.05) is 23.0 Å². The maximum atomic E-state index is 12.4. The maximum Gasteiger partial charge on any atom is 0.262 e. The molecule has 3 aromatic rings. The molecule has 0 aliphatic carbocycles. The van der Waals surface area contributed by atoms with Gasteiger partial charge in [0.25, 0.3) is 5.56 Å². The van der Waals surface area contributed by atoms with Gasteiger partial charge < -0.3 is 14.8 Å². The van der Waals surface area contributed by atoms with E-state index in [2.05, 4.69) is 69.8 Å². The van der Waals surface area contributed by atoms with Crippen molar-refractivity contribution in [1.29, 1.82) is 0 Å². The lowest BCUT2D eigenvalue weighted by Gasteiger charge is -2.16. The first-order chi connectivity index (χ1) is 13.3. The minimum absolute atomic E-state index is 0.0901. The first-order valence-corrected chi connectivity index (χ1v) is 10.6. The first-order valence-electron chi connectivity index (χ1n) is 8.66. The molecule has 146 valence electrons. The lowest BCUT2D eigenvalue weighted by atomic mass is 10.2. The molecular formula is C20H21IN4O2S. The van der Waals surface area contributed by atoms with Crippen LogP contribution in [0.25, 0.3) is 0 Å². The van der Waals surface area contributed by atoms with Crippen LogP contribution in [-0.4, -0.2) is 26.0 Å². The van der Waals surface area contributed by atoms with E-state index < -0.39 is 0 Å². The summed E-state index contributed by atoms with van der Waals surface area (Å²) >= 11 is 3.71. The summed E-state index contributed by atoms with van der Waals surface area (Å²) in [4.78, 5) is 21.7. The van der Waals surface area contributed by atoms with Crippen LogP contribution in [0.4, 0.5) is 0 Å². The van der Waals surface area contributed by atoms with Crippen LogP contribution in [0.5, 0.6) is 0 Å². The van der Waals surface area contributed by atoms with Gasteiger partial charge in [-0.15, -0.1) is 0 Å². The van der Waals surface area contributed by atoms with Crippen LogP contribution in [0.3, 0.4) is 0 Å². The first kappa shape index (κ1) is 20.7. The number of oxime groups is 1. The molecule has 0 amide bonds. The summed E-state index contributed by atoms with van der Waals surface area (Å²) < 4.78 is 2.58. The van der Waals surface area contributed by atoms with E-state index in [1.165, 1.54) is 17.3 Å². The van der Waals surface area contributed by atoms with Crippen molar-refractivity contribution in [3.8, 4) is 0 Å². The number of pyridine rings is 1. The van der Waals surface area contributed by atoms with E-state index in [0.29, 0.717) is 10.1 Å². The van der Waals surface area contributed by atoms with E-state index in [4.69, 9.17) is 5.21 Å². The van der Waals surface area contributed by atoms with Gasteiger partial charge >= 0.3 is 0 Å². The highest BCUT2D eigenvalue weighted by Crippen LogP contribution is 2.35. The van der Waals surface area contributed by atoms with E-state index in [0.717, 1.165) is 32.4 Å². The van der Waals surface area contributed by atoms with E-state index in [9.17, 15) is 4.79 Å².